The van der Waals surface area contributed by atoms with Gasteiger partial charge in [0.15, 0.2) is 6.10 Å². The van der Waals surface area contributed by atoms with Gasteiger partial charge in [-0.05, 0) is 31.9 Å². The molecule has 1 aromatic carbocycles. The molecule has 0 heterocycles. The Bertz CT molecular complexity index is 640. The molecule has 0 aliphatic rings. The van der Waals surface area contributed by atoms with Gasteiger partial charge < -0.3 is 15.9 Å². The lowest BCUT2D eigenvalue weighted by Crippen LogP contribution is -2.37. The molecule has 0 amide bonds. The van der Waals surface area contributed by atoms with Gasteiger partial charge in [-0.15, -0.1) is 0 Å². The van der Waals surface area contributed by atoms with Gasteiger partial charge in [0.1, 0.15) is 0 Å². The number of nitrogens with two attached hydrogens (primary N) is 1. The van der Waals surface area contributed by atoms with Crippen LogP contribution in [0.3, 0.4) is 0 Å². The van der Waals surface area contributed by atoms with Crippen molar-refractivity contribution >= 4 is 22.0 Å². The highest BCUT2D eigenvalue weighted by atomic mass is 32.2. The van der Waals surface area contributed by atoms with Crippen molar-refractivity contribution in [3.63, 3.8) is 0 Å². The van der Waals surface area contributed by atoms with Crippen LogP contribution in [0.15, 0.2) is 34.2 Å². The molecule has 1 atom stereocenters. The number of aliphatic carboxylic acids is 1. The number of carboxylic acids is 1. The first-order chi connectivity index (χ1) is 10.2. The van der Waals surface area contributed by atoms with Gasteiger partial charge in [-0.2, -0.15) is 0 Å². The van der Waals surface area contributed by atoms with Gasteiger partial charge in [0.2, 0.25) is 5.96 Å². The molecule has 0 spiro atoms. The fourth-order valence-corrected chi connectivity index (χ4v) is 2.51. The number of nitrogens with zero attached hydrogens (tertiary/aromatic N) is 1. The molecule has 5 N–H and O–H groups in total. The molecule has 22 heavy (non-hydrogen) atoms. The molecule has 0 saturated carbocycles. The number of rotatable bonds is 7. The zero-order chi connectivity index (χ0) is 16.8. The third kappa shape index (κ3) is 5.70. The molecule has 1 aromatic rings. The van der Waals surface area contributed by atoms with Crippen LogP contribution in [0.1, 0.15) is 18.4 Å². The zero-order valence-corrected chi connectivity index (χ0v) is 12.9. The molecule has 0 aliphatic heterocycles. The van der Waals surface area contributed by atoms with Gasteiger partial charge in [0.25, 0.3) is 10.0 Å². The first-order valence-electron chi connectivity index (χ1n) is 6.52. The Balaban J connectivity index is 2.56. The molecule has 0 saturated heterocycles. The van der Waals surface area contributed by atoms with Crippen LogP contribution in [0.5, 0.6) is 0 Å². The summed E-state index contributed by atoms with van der Waals surface area (Å²) >= 11 is 0. The number of nitrogens with one attached hydrogen (secondary N) is 1. The lowest BCUT2D eigenvalue weighted by atomic mass is 10.2. The quantitative estimate of drug-likeness (QED) is 0.310. The normalized spacial score (nSPS) is 13.6. The third-order valence-electron chi connectivity index (χ3n) is 2.77. The van der Waals surface area contributed by atoms with Crippen LogP contribution in [-0.2, 0) is 14.8 Å². The maximum atomic E-state index is 12.0. The summed E-state index contributed by atoms with van der Waals surface area (Å²) in [4.78, 5) is 14.2. The van der Waals surface area contributed by atoms with Crippen LogP contribution >= 0.6 is 0 Å². The van der Waals surface area contributed by atoms with E-state index in [1.54, 1.807) is 12.1 Å². The molecule has 9 heteroatoms. The van der Waals surface area contributed by atoms with Crippen molar-refractivity contribution in [1.82, 2.24) is 4.72 Å². The van der Waals surface area contributed by atoms with E-state index in [-0.39, 0.29) is 30.2 Å². The molecule has 1 rings (SSSR count). The van der Waals surface area contributed by atoms with E-state index >= 15 is 0 Å². The summed E-state index contributed by atoms with van der Waals surface area (Å²) in [6.45, 7) is 1.94. The zero-order valence-electron chi connectivity index (χ0n) is 12.1. The number of benzene rings is 1. The highest BCUT2D eigenvalue weighted by Crippen LogP contribution is 2.09. The lowest BCUT2D eigenvalue weighted by molar-refractivity contribution is -0.146. The predicted octanol–water partition coefficient (Wildman–Crippen LogP) is -0.186. The van der Waals surface area contributed by atoms with Crippen LogP contribution in [0.4, 0.5) is 0 Å². The molecule has 0 bridgehead atoms. The van der Waals surface area contributed by atoms with Gasteiger partial charge in [0, 0.05) is 6.54 Å². The molecule has 0 fully saturated rings. The van der Waals surface area contributed by atoms with E-state index in [1.165, 1.54) is 12.1 Å². The third-order valence-corrected chi connectivity index (χ3v) is 4.14. The number of aliphatic hydroxyl groups is 1. The minimum Gasteiger partial charge on any atom is -0.479 e. The van der Waals surface area contributed by atoms with E-state index in [4.69, 9.17) is 15.9 Å². The van der Waals surface area contributed by atoms with Crippen LogP contribution in [-0.4, -0.2) is 43.2 Å². The number of sulfonamides is 1. The SMILES string of the molecule is Cc1ccc(S(=O)(=O)NC(N)=NCCC[C@H](O)C(=O)O)cc1. The van der Waals surface area contributed by atoms with Crippen LogP contribution < -0.4 is 10.5 Å². The fourth-order valence-electron chi connectivity index (χ4n) is 1.55. The average molecular weight is 329 g/mol. The summed E-state index contributed by atoms with van der Waals surface area (Å²) in [7, 11) is -3.79. The van der Waals surface area contributed by atoms with Crippen molar-refractivity contribution in [2.45, 2.75) is 30.8 Å². The summed E-state index contributed by atoms with van der Waals surface area (Å²) in [6, 6.07) is 6.23. The second-order valence-electron chi connectivity index (χ2n) is 4.68. The number of aliphatic imine (C=N–C) groups is 1. The Kier molecular flexibility index (Phi) is 6.32. The number of aryl methyl sites for hydroxylation is 1. The van der Waals surface area contributed by atoms with Crippen molar-refractivity contribution in [3.8, 4) is 0 Å². The lowest BCUT2D eigenvalue weighted by Gasteiger charge is -2.08. The summed E-state index contributed by atoms with van der Waals surface area (Å²) in [6.07, 6.45) is -1.18. The summed E-state index contributed by atoms with van der Waals surface area (Å²) < 4.78 is 26.1. The van der Waals surface area contributed by atoms with Crippen LogP contribution in [0.2, 0.25) is 0 Å². The fraction of sp³-hybridized carbons (Fsp3) is 0.385. The van der Waals surface area contributed by atoms with Crippen molar-refractivity contribution in [2.75, 3.05) is 6.54 Å². The van der Waals surface area contributed by atoms with Crippen molar-refractivity contribution < 1.29 is 23.4 Å². The van der Waals surface area contributed by atoms with E-state index in [1.807, 2.05) is 6.92 Å². The highest BCUT2D eigenvalue weighted by Gasteiger charge is 2.15. The molecule has 0 aliphatic carbocycles. The second-order valence-corrected chi connectivity index (χ2v) is 6.36. The van der Waals surface area contributed by atoms with E-state index < -0.39 is 22.1 Å². The molecular weight excluding hydrogens is 310 g/mol. The Morgan fingerprint density at radius 1 is 1.36 bits per heavy atom. The molecular formula is C13H19N3O5S. The van der Waals surface area contributed by atoms with E-state index in [0.717, 1.165) is 5.56 Å². The highest BCUT2D eigenvalue weighted by molar-refractivity contribution is 7.90. The van der Waals surface area contributed by atoms with Gasteiger partial charge in [-0.1, -0.05) is 17.7 Å². The number of hydrogen-bond donors (Lipinski definition) is 4. The first kappa shape index (κ1) is 17.9. The van der Waals surface area contributed by atoms with Gasteiger partial charge in [0.05, 0.1) is 4.90 Å². The number of aliphatic hydroxyl groups excluding tert-OH is 1. The monoisotopic (exact) mass is 329 g/mol. The molecule has 0 radical (unpaired) electrons. The summed E-state index contributed by atoms with van der Waals surface area (Å²) in [5, 5.41) is 17.5. The van der Waals surface area contributed by atoms with E-state index in [0.29, 0.717) is 0 Å². The Labute approximate surface area is 128 Å². The smallest absolute Gasteiger partial charge is 0.332 e. The Morgan fingerprint density at radius 3 is 2.50 bits per heavy atom. The van der Waals surface area contributed by atoms with E-state index in [9.17, 15) is 13.2 Å². The number of guanidine groups is 1. The first-order valence-corrected chi connectivity index (χ1v) is 8.01. The maximum Gasteiger partial charge on any atom is 0.332 e. The van der Waals surface area contributed by atoms with Gasteiger partial charge >= 0.3 is 5.97 Å². The van der Waals surface area contributed by atoms with Crippen LogP contribution in [0.25, 0.3) is 0 Å². The Hall–Kier alpha value is -2.13. The van der Waals surface area contributed by atoms with E-state index in [2.05, 4.69) is 9.71 Å². The van der Waals surface area contributed by atoms with Crippen molar-refractivity contribution in [3.05, 3.63) is 29.8 Å². The molecule has 122 valence electrons. The summed E-state index contributed by atoms with van der Waals surface area (Å²) in [5.74, 6) is -1.59. The Morgan fingerprint density at radius 2 is 1.95 bits per heavy atom. The van der Waals surface area contributed by atoms with Crippen molar-refractivity contribution in [2.24, 2.45) is 10.7 Å². The summed E-state index contributed by atoms with van der Waals surface area (Å²) in [5.41, 5.74) is 6.41. The van der Waals surface area contributed by atoms with Crippen LogP contribution in [0, 0.1) is 6.92 Å². The predicted molar refractivity (Wildman–Crippen MR) is 80.9 cm³/mol. The molecule has 0 aromatic heterocycles. The topological polar surface area (TPSA) is 142 Å². The largest absolute Gasteiger partial charge is 0.479 e. The maximum absolute atomic E-state index is 12.0. The van der Waals surface area contributed by atoms with Gasteiger partial charge in [-0.25, -0.2) is 17.9 Å². The average Bonchev–Trinajstić information content (AvgIpc) is 2.43. The molecule has 0 unspecified atom stereocenters. The standard InChI is InChI=1S/C13H19N3O5S/c1-9-4-6-10(7-5-9)22(20,21)16-13(14)15-8-2-3-11(17)12(18)19/h4-7,11,17H,2-3,8H2,1H3,(H,18,19)(H3,14,15,16)/t11-/m0/s1. The van der Waals surface area contributed by atoms with Gasteiger partial charge in [-0.3, -0.25) is 4.99 Å². The minimum absolute atomic E-state index is 0.0107. The number of carbonyl (C=O) groups is 1. The van der Waals surface area contributed by atoms with Crippen molar-refractivity contribution in [1.29, 1.82) is 0 Å². The second kappa shape index (κ2) is 7.76. The number of carboxylic acid groups (broad SMARTS) is 1. The minimum atomic E-state index is -3.79. The molecule has 8 nitrogen and oxygen atoms in total. The number of hydrogen-bond acceptors (Lipinski definition) is 5.